The number of hydrogen-bond donors (Lipinski definition) is 1. The number of hydrogen-bond acceptors (Lipinski definition) is 4. The minimum atomic E-state index is -0.114. The van der Waals surface area contributed by atoms with E-state index in [2.05, 4.69) is 15.4 Å². The summed E-state index contributed by atoms with van der Waals surface area (Å²) < 4.78 is 8.54. The SMILES string of the molecule is COCCNC(=O)Cn1nc(-n2cccc2)c2c(C)cc(C)nc21. The Balaban J connectivity index is 2.00. The van der Waals surface area contributed by atoms with Crippen LogP contribution in [0.2, 0.25) is 0 Å². The third kappa shape index (κ3) is 3.16. The summed E-state index contributed by atoms with van der Waals surface area (Å²) in [7, 11) is 1.60. The van der Waals surface area contributed by atoms with Crippen molar-refractivity contribution in [2.45, 2.75) is 20.4 Å². The maximum absolute atomic E-state index is 12.1. The number of pyridine rings is 1. The Morgan fingerprint density at radius 1 is 1.29 bits per heavy atom. The van der Waals surface area contributed by atoms with Crippen molar-refractivity contribution in [1.82, 2.24) is 24.6 Å². The highest BCUT2D eigenvalue weighted by Crippen LogP contribution is 2.25. The Hall–Kier alpha value is -2.67. The van der Waals surface area contributed by atoms with Crippen molar-refractivity contribution in [2.24, 2.45) is 0 Å². The fourth-order valence-electron chi connectivity index (χ4n) is 2.74. The average molecular weight is 327 g/mol. The monoisotopic (exact) mass is 327 g/mol. The lowest BCUT2D eigenvalue weighted by atomic mass is 10.2. The smallest absolute Gasteiger partial charge is 0.241 e. The van der Waals surface area contributed by atoms with Crippen LogP contribution in [0.3, 0.4) is 0 Å². The van der Waals surface area contributed by atoms with E-state index in [1.165, 1.54) is 0 Å². The minimum absolute atomic E-state index is 0.114. The molecular formula is C17H21N5O2. The highest BCUT2D eigenvalue weighted by molar-refractivity contribution is 5.88. The van der Waals surface area contributed by atoms with Crippen molar-refractivity contribution in [3.8, 4) is 5.82 Å². The van der Waals surface area contributed by atoms with E-state index >= 15 is 0 Å². The second-order valence-corrected chi connectivity index (χ2v) is 5.69. The number of carbonyl (C=O) groups excluding carboxylic acids is 1. The number of carbonyl (C=O) groups is 1. The third-order valence-electron chi connectivity index (χ3n) is 3.78. The zero-order valence-corrected chi connectivity index (χ0v) is 14.1. The standard InChI is InChI=1S/C17H21N5O2/c1-12-10-13(2)19-16-15(12)17(21-7-4-5-8-21)20-22(16)11-14(23)18-6-9-24-3/h4-5,7-8,10H,6,9,11H2,1-3H3,(H,18,23). The van der Waals surface area contributed by atoms with Gasteiger partial charge < -0.3 is 14.6 Å². The summed E-state index contributed by atoms with van der Waals surface area (Å²) in [4.78, 5) is 16.7. The molecule has 0 aliphatic heterocycles. The Kier molecular flexibility index (Phi) is 4.61. The zero-order chi connectivity index (χ0) is 17.1. The predicted octanol–water partition coefficient (Wildman–Crippen LogP) is 1.60. The number of aryl methyl sites for hydroxylation is 2. The first kappa shape index (κ1) is 16.2. The molecule has 7 nitrogen and oxygen atoms in total. The van der Waals surface area contributed by atoms with Crippen LogP contribution in [0, 0.1) is 13.8 Å². The lowest BCUT2D eigenvalue weighted by molar-refractivity contribution is -0.121. The van der Waals surface area contributed by atoms with Crippen LogP contribution in [0.25, 0.3) is 16.9 Å². The molecule has 0 bridgehead atoms. The summed E-state index contributed by atoms with van der Waals surface area (Å²) in [6.07, 6.45) is 3.87. The van der Waals surface area contributed by atoms with E-state index in [0.29, 0.717) is 13.2 Å². The van der Waals surface area contributed by atoms with Crippen LogP contribution in [0.5, 0.6) is 0 Å². The summed E-state index contributed by atoms with van der Waals surface area (Å²) in [6, 6.07) is 5.92. The van der Waals surface area contributed by atoms with Gasteiger partial charge in [-0.2, -0.15) is 5.10 Å². The highest BCUT2D eigenvalue weighted by Gasteiger charge is 2.17. The number of ether oxygens (including phenoxy) is 1. The highest BCUT2D eigenvalue weighted by atomic mass is 16.5. The van der Waals surface area contributed by atoms with Crippen LogP contribution in [-0.2, 0) is 16.1 Å². The summed E-state index contributed by atoms with van der Waals surface area (Å²) in [6.45, 7) is 5.06. The van der Waals surface area contributed by atoms with Gasteiger partial charge in [0, 0.05) is 31.7 Å². The van der Waals surface area contributed by atoms with Gasteiger partial charge in [-0.05, 0) is 37.6 Å². The van der Waals surface area contributed by atoms with Crippen molar-refractivity contribution in [3.05, 3.63) is 41.9 Å². The maximum Gasteiger partial charge on any atom is 0.241 e. The fraction of sp³-hybridized carbons (Fsp3) is 0.353. The van der Waals surface area contributed by atoms with Crippen molar-refractivity contribution in [2.75, 3.05) is 20.3 Å². The van der Waals surface area contributed by atoms with Crippen molar-refractivity contribution >= 4 is 16.9 Å². The molecule has 0 atom stereocenters. The first-order valence-electron chi connectivity index (χ1n) is 7.84. The summed E-state index contributed by atoms with van der Waals surface area (Å²) >= 11 is 0. The molecule has 1 amide bonds. The van der Waals surface area contributed by atoms with E-state index in [0.717, 1.165) is 28.1 Å². The number of rotatable bonds is 6. The van der Waals surface area contributed by atoms with Gasteiger partial charge in [0.05, 0.1) is 12.0 Å². The van der Waals surface area contributed by atoms with Crippen LogP contribution >= 0.6 is 0 Å². The Morgan fingerprint density at radius 2 is 2.04 bits per heavy atom. The van der Waals surface area contributed by atoms with Crippen molar-refractivity contribution in [3.63, 3.8) is 0 Å². The van der Waals surface area contributed by atoms with E-state index in [9.17, 15) is 4.79 Å². The Labute approximate surface area is 140 Å². The first-order valence-corrected chi connectivity index (χ1v) is 7.84. The molecule has 0 aliphatic rings. The van der Waals surface area contributed by atoms with E-state index in [-0.39, 0.29) is 12.5 Å². The molecule has 0 saturated heterocycles. The number of nitrogens with zero attached hydrogens (tertiary/aromatic N) is 4. The molecule has 3 heterocycles. The van der Waals surface area contributed by atoms with Gasteiger partial charge in [-0.3, -0.25) is 4.79 Å². The van der Waals surface area contributed by atoms with Gasteiger partial charge in [0.15, 0.2) is 11.5 Å². The number of methoxy groups -OCH3 is 1. The maximum atomic E-state index is 12.1. The molecule has 3 aromatic rings. The van der Waals surface area contributed by atoms with Gasteiger partial charge >= 0.3 is 0 Å². The van der Waals surface area contributed by atoms with Crippen molar-refractivity contribution in [1.29, 1.82) is 0 Å². The second kappa shape index (κ2) is 6.84. The molecule has 126 valence electrons. The fourth-order valence-corrected chi connectivity index (χ4v) is 2.74. The molecular weight excluding hydrogens is 306 g/mol. The largest absolute Gasteiger partial charge is 0.383 e. The van der Waals surface area contributed by atoms with Gasteiger partial charge in [-0.15, -0.1) is 0 Å². The Morgan fingerprint density at radius 3 is 2.75 bits per heavy atom. The molecule has 1 N–H and O–H groups in total. The van der Waals surface area contributed by atoms with Crippen LogP contribution in [0.4, 0.5) is 0 Å². The molecule has 3 aromatic heterocycles. The number of fused-ring (bicyclic) bond motifs is 1. The molecule has 3 rings (SSSR count). The molecule has 0 aromatic carbocycles. The molecule has 0 fully saturated rings. The second-order valence-electron chi connectivity index (χ2n) is 5.69. The van der Waals surface area contributed by atoms with E-state index in [1.54, 1.807) is 11.8 Å². The lowest BCUT2D eigenvalue weighted by Crippen LogP contribution is -2.30. The molecule has 24 heavy (non-hydrogen) atoms. The molecule has 0 saturated carbocycles. The van der Waals surface area contributed by atoms with Crippen LogP contribution in [0.15, 0.2) is 30.6 Å². The summed E-state index contributed by atoms with van der Waals surface area (Å²) in [5.41, 5.74) is 2.71. The average Bonchev–Trinajstić information content (AvgIpc) is 3.16. The normalized spacial score (nSPS) is 11.1. The molecule has 7 heteroatoms. The van der Waals surface area contributed by atoms with E-state index in [1.807, 2.05) is 49.0 Å². The van der Waals surface area contributed by atoms with Gasteiger partial charge in [-0.1, -0.05) is 0 Å². The van der Waals surface area contributed by atoms with Crippen LogP contribution in [-0.4, -0.2) is 45.5 Å². The number of nitrogens with one attached hydrogen (secondary N) is 1. The van der Waals surface area contributed by atoms with Gasteiger partial charge in [-0.25, -0.2) is 9.67 Å². The summed E-state index contributed by atoms with van der Waals surface area (Å²) in [5, 5.41) is 8.40. The molecule has 0 spiro atoms. The lowest BCUT2D eigenvalue weighted by Gasteiger charge is -2.06. The predicted molar refractivity (Wildman–Crippen MR) is 91.2 cm³/mol. The topological polar surface area (TPSA) is 74.0 Å². The van der Waals surface area contributed by atoms with Crippen LogP contribution < -0.4 is 5.32 Å². The quantitative estimate of drug-likeness (QED) is 0.698. The number of aromatic nitrogens is 4. The zero-order valence-electron chi connectivity index (χ0n) is 14.1. The van der Waals surface area contributed by atoms with E-state index in [4.69, 9.17) is 4.74 Å². The minimum Gasteiger partial charge on any atom is -0.383 e. The summed E-state index contributed by atoms with van der Waals surface area (Å²) in [5.74, 6) is 0.668. The molecule has 0 radical (unpaired) electrons. The first-order chi connectivity index (χ1) is 11.6. The third-order valence-corrected chi connectivity index (χ3v) is 3.78. The van der Waals surface area contributed by atoms with Gasteiger partial charge in [0.2, 0.25) is 5.91 Å². The molecule has 0 aliphatic carbocycles. The van der Waals surface area contributed by atoms with Gasteiger partial charge in [0.1, 0.15) is 6.54 Å². The molecule has 0 unspecified atom stereocenters. The van der Waals surface area contributed by atoms with Gasteiger partial charge in [0.25, 0.3) is 0 Å². The van der Waals surface area contributed by atoms with Crippen LogP contribution in [0.1, 0.15) is 11.3 Å². The van der Waals surface area contributed by atoms with Crippen molar-refractivity contribution < 1.29 is 9.53 Å². The number of amides is 1. The Bertz CT molecular complexity index is 852. The van der Waals surface area contributed by atoms with E-state index < -0.39 is 0 Å².